The van der Waals surface area contributed by atoms with Crippen LogP contribution in [0.3, 0.4) is 0 Å². The minimum atomic E-state index is -5.24. The van der Waals surface area contributed by atoms with Crippen molar-refractivity contribution in [2.45, 2.75) is 50.3 Å². The molecule has 35 heavy (non-hydrogen) atoms. The Morgan fingerprint density at radius 3 is 2.63 bits per heavy atom. The number of aromatic nitrogens is 2. The average molecular weight is 508 g/mol. The van der Waals surface area contributed by atoms with Gasteiger partial charge in [0, 0.05) is 5.69 Å². The van der Waals surface area contributed by atoms with E-state index in [9.17, 15) is 29.4 Å². The molecule has 1 aromatic heterocycles. The zero-order chi connectivity index (χ0) is 25.5. The van der Waals surface area contributed by atoms with Crippen molar-refractivity contribution < 1.29 is 33.8 Å². The predicted molar refractivity (Wildman–Crippen MR) is 122 cm³/mol. The highest BCUT2D eigenvalue weighted by Crippen LogP contribution is 2.36. The number of nitrogens with zero attached hydrogens (tertiary/aromatic N) is 2. The van der Waals surface area contributed by atoms with Gasteiger partial charge in [0.15, 0.2) is 11.5 Å². The zero-order valence-corrected chi connectivity index (χ0v) is 19.6. The normalized spacial score (nSPS) is 27.0. The Hall–Kier alpha value is -2.84. The Balaban J connectivity index is 1.44. The summed E-state index contributed by atoms with van der Waals surface area (Å²) < 4.78 is 20.4. The number of aromatic amines is 1. The minimum absolute atomic E-state index is 0.00287. The third-order valence-electron chi connectivity index (χ3n) is 5.78. The second-order valence-corrected chi connectivity index (χ2v) is 9.51. The van der Waals surface area contributed by atoms with Gasteiger partial charge in [0.2, 0.25) is 5.95 Å². The maximum Gasteiger partial charge on any atom is 0.280 e. The topological polar surface area (TPSA) is 230 Å². The fraction of sp³-hybridized carbons (Fsp3) is 0.450. The number of phosphoric acid groups is 1. The lowest BCUT2D eigenvalue weighted by Crippen LogP contribution is -2.41. The van der Waals surface area contributed by atoms with Crippen LogP contribution in [0.5, 0.6) is 0 Å². The van der Waals surface area contributed by atoms with Crippen LogP contribution in [0.1, 0.15) is 25.5 Å². The Morgan fingerprint density at radius 2 is 1.97 bits per heavy atom. The summed E-state index contributed by atoms with van der Waals surface area (Å²) in [5.74, 6) is 0.310. The summed E-state index contributed by atoms with van der Waals surface area (Å²) in [7, 11) is -5.24. The number of rotatable bonds is 7. The number of aliphatic hydroxyl groups excluding tert-OH is 2. The molecule has 1 aromatic carbocycles. The maximum atomic E-state index is 12.2. The first-order valence-electron chi connectivity index (χ1n) is 10.7. The van der Waals surface area contributed by atoms with Gasteiger partial charge >= 0.3 is 0 Å². The molecule has 2 aromatic rings. The molecule has 15 heteroatoms. The van der Waals surface area contributed by atoms with Gasteiger partial charge in [-0.05, 0) is 31.5 Å². The Morgan fingerprint density at radius 1 is 1.29 bits per heavy atom. The first-order valence-corrected chi connectivity index (χ1v) is 12.2. The van der Waals surface area contributed by atoms with Gasteiger partial charge in [0.05, 0.1) is 32.2 Å². The molecule has 6 atom stereocenters. The molecule has 1 fully saturated rings. The lowest BCUT2D eigenvalue weighted by molar-refractivity contribution is -0.343. The van der Waals surface area contributed by atoms with Crippen LogP contribution in [-0.2, 0) is 13.8 Å². The molecule has 7 N–H and O–H groups in total. The molecular weight excluding hydrogens is 483 g/mol. The van der Waals surface area contributed by atoms with Crippen LogP contribution >= 0.6 is 7.82 Å². The summed E-state index contributed by atoms with van der Waals surface area (Å²) in [6.45, 7) is 3.06. The van der Waals surface area contributed by atoms with Crippen molar-refractivity contribution in [2.75, 3.05) is 23.0 Å². The lowest BCUT2D eigenvalue weighted by Gasteiger charge is -2.30. The van der Waals surface area contributed by atoms with E-state index in [1.54, 1.807) is 24.3 Å². The van der Waals surface area contributed by atoms with E-state index in [0.717, 1.165) is 0 Å². The lowest BCUT2D eigenvalue weighted by atomic mass is 10.0. The van der Waals surface area contributed by atoms with Crippen molar-refractivity contribution in [1.29, 1.82) is 0 Å². The van der Waals surface area contributed by atoms with Crippen LogP contribution in [0, 0.1) is 0 Å². The van der Waals surface area contributed by atoms with Crippen LogP contribution in [0.4, 0.5) is 23.1 Å². The second kappa shape index (κ2) is 9.66. The van der Waals surface area contributed by atoms with Crippen molar-refractivity contribution in [3.05, 3.63) is 40.2 Å². The highest BCUT2D eigenvalue weighted by molar-refractivity contribution is 7.43. The molecule has 4 rings (SSSR count). The zero-order valence-electron chi connectivity index (χ0n) is 18.7. The van der Waals surface area contributed by atoms with E-state index in [4.69, 9.17) is 10.5 Å². The third-order valence-corrected chi connectivity index (χ3v) is 6.24. The summed E-state index contributed by atoms with van der Waals surface area (Å²) in [6, 6.07) is 6.29. The SMILES string of the molecule is C[C@@H]1Nc2nc(N)[nH]c(=O)c2N=C1[C@@H](C)Nc1ccc([C@@H]2O[C@H](COP(=O)([O-])[O-])[C@@H](O)[C@H]2O)cc1. The van der Waals surface area contributed by atoms with E-state index in [1.807, 2.05) is 13.8 Å². The number of nitrogens with two attached hydrogens (primary N) is 1. The molecule has 2 aliphatic heterocycles. The second-order valence-electron chi connectivity index (χ2n) is 8.36. The molecule has 0 saturated carbocycles. The average Bonchev–Trinajstić information content (AvgIpc) is 3.05. The smallest absolute Gasteiger partial charge is 0.280 e. The summed E-state index contributed by atoms with van der Waals surface area (Å²) in [5, 5.41) is 26.8. The number of benzene rings is 1. The molecule has 1 saturated heterocycles. The number of ether oxygens (including phenoxy) is 1. The van der Waals surface area contributed by atoms with Gasteiger partial charge in [-0.15, -0.1) is 0 Å². The van der Waals surface area contributed by atoms with Crippen LogP contribution < -0.4 is 31.7 Å². The van der Waals surface area contributed by atoms with Crippen LogP contribution in [0.2, 0.25) is 0 Å². The molecule has 0 aliphatic carbocycles. The van der Waals surface area contributed by atoms with Crippen molar-refractivity contribution in [1.82, 2.24) is 9.97 Å². The first-order chi connectivity index (χ1) is 16.4. The van der Waals surface area contributed by atoms with Gasteiger partial charge in [-0.25, -0.2) is 4.99 Å². The van der Waals surface area contributed by atoms with Crippen molar-refractivity contribution in [3.63, 3.8) is 0 Å². The molecule has 0 radical (unpaired) electrons. The summed E-state index contributed by atoms with van der Waals surface area (Å²) in [6.07, 6.45) is -4.90. The maximum absolute atomic E-state index is 12.2. The number of hydrogen-bond donors (Lipinski definition) is 6. The number of hydrogen-bond acceptors (Lipinski definition) is 13. The van der Waals surface area contributed by atoms with Crippen molar-refractivity contribution in [3.8, 4) is 0 Å². The molecular formula is C20H25N6O8P-2. The van der Waals surface area contributed by atoms with Gasteiger partial charge < -0.3 is 50.2 Å². The monoisotopic (exact) mass is 508 g/mol. The Labute approximate surface area is 199 Å². The quantitative estimate of drug-likeness (QED) is 0.241. The van der Waals surface area contributed by atoms with E-state index >= 15 is 0 Å². The van der Waals surface area contributed by atoms with Crippen molar-refractivity contribution in [2.24, 2.45) is 4.99 Å². The summed E-state index contributed by atoms with van der Waals surface area (Å²) in [5.41, 5.74) is 7.19. The predicted octanol–water partition coefficient (Wildman–Crippen LogP) is -1.25. The number of H-pyrrole nitrogens is 1. The van der Waals surface area contributed by atoms with Crippen molar-refractivity contribution >= 4 is 36.7 Å². The molecule has 0 spiro atoms. The number of aliphatic hydroxyl groups is 2. The largest absolute Gasteiger partial charge is 0.790 e. The highest BCUT2D eigenvalue weighted by Gasteiger charge is 2.43. The van der Waals surface area contributed by atoms with E-state index in [2.05, 4.69) is 30.1 Å². The van der Waals surface area contributed by atoms with Gasteiger partial charge in [0.1, 0.15) is 24.4 Å². The standard InChI is InChI=1S/C20H27N6O8P/c1-8(13-9(2)23-18-14(24-13)19(29)26-20(21)25-18)22-11-5-3-10(4-6-11)17-16(28)15(27)12(34-17)7-33-35(30,31)32/h3-6,8-9,12,15-17,22,27-28H,7H2,1-2H3,(H2,30,31,32)(H4,21,23,25,26,29)/p-2/t8-,9+,12-,15-,16-,17+/m1/s1. The molecule has 2 aliphatic rings. The van der Waals surface area contributed by atoms with Crippen LogP contribution in [0.25, 0.3) is 0 Å². The number of aliphatic imine (C=N–C) groups is 1. The number of phosphoric ester groups is 1. The van der Waals surface area contributed by atoms with Gasteiger partial charge in [-0.2, -0.15) is 4.98 Å². The molecule has 190 valence electrons. The molecule has 0 amide bonds. The van der Waals surface area contributed by atoms with Gasteiger partial charge in [0.25, 0.3) is 5.56 Å². The molecule has 3 heterocycles. The van der Waals surface area contributed by atoms with Gasteiger partial charge in [-0.1, -0.05) is 12.1 Å². The van der Waals surface area contributed by atoms with Crippen LogP contribution in [0.15, 0.2) is 34.1 Å². The van der Waals surface area contributed by atoms with E-state index in [-0.39, 0.29) is 23.7 Å². The molecule has 0 bridgehead atoms. The number of nitrogen functional groups attached to an aromatic ring is 1. The summed E-state index contributed by atoms with van der Waals surface area (Å²) >= 11 is 0. The fourth-order valence-corrected chi connectivity index (χ4v) is 4.41. The fourth-order valence-electron chi connectivity index (χ4n) is 4.09. The van der Waals surface area contributed by atoms with E-state index in [0.29, 0.717) is 22.8 Å². The van der Waals surface area contributed by atoms with E-state index < -0.39 is 44.4 Å². The van der Waals surface area contributed by atoms with Crippen LogP contribution in [-0.4, -0.2) is 62.9 Å². The summed E-state index contributed by atoms with van der Waals surface area (Å²) in [4.78, 5) is 44.5. The number of fused-ring (bicyclic) bond motifs is 1. The minimum Gasteiger partial charge on any atom is -0.790 e. The van der Waals surface area contributed by atoms with Gasteiger partial charge in [-0.3, -0.25) is 9.78 Å². The van der Waals surface area contributed by atoms with E-state index in [1.165, 1.54) is 0 Å². The Kier molecular flexibility index (Phi) is 6.97. The molecule has 0 unspecified atom stereocenters. The molecule has 14 nitrogen and oxygen atoms in total. The first kappa shape index (κ1) is 25.3. The number of anilines is 3. The Bertz CT molecular complexity index is 1220. The third kappa shape index (κ3) is 5.54. The number of nitrogens with one attached hydrogen (secondary N) is 3. The highest BCUT2D eigenvalue weighted by atomic mass is 31.2.